The van der Waals surface area contributed by atoms with E-state index in [0.29, 0.717) is 18.1 Å². The summed E-state index contributed by atoms with van der Waals surface area (Å²) in [4.78, 5) is 24.1. The summed E-state index contributed by atoms with van der Waals surface area (Å²) >= 11 is 6.22. The molecule has 1 amide bonds. The molecular formula is C20H22ClNO5. The third-order valence-corrected chi connectivity index (χ3v) is 4.11. The molecule has 0 aromatic heterocycles. The Morgan fingerprint density at radius 2 is 1.93 bits per heavy atom. The molecule has 2 aromatic rings. The molecule has 2 aromatic carbocycles. The first-order chi connectivity index (χ1) is 13.0. The van der Waals surface area contributed by atoms with Gasteiger partial charge >= 0.3 is 5.97 Å². The molecule has 2 N–H and O–H groups in total. The van der Waals surface area contributed by atoms with Crippen molar-refractivity contribution in [2.75, 3.05) is 13.7 Å². The fourth-order valence-electron chi connectivity index (χ4n) is 2.49. The maximum atomic E-state index is 12.6. The Bertz CT molecular complexity index is 794. The van der Waals surface area contributed by atoms with Gasteiger partial charge in [-0.05, 0) is 24.1 Å². The van der Waals surface area contributed by atoms with Crippen LogP contribution < -0.4 is 14.8 Å². The van der Waals surface area contributed by atoms with E-state index in [1.165, 1.54) is 19.2 Å². The van der Waals surface area contributed by atoms with Gasteiger partial charge in [-0.1, -0.05) is 48.9 Å². The lowest BCUT2D eigenvalue weighted by molar-refractivity contribution is -0.139. The third kappa shape index (κ3) is 5.62. The number of halogens is 1. The maximum absolute atomic E-state index is 12.6. The molecule has 144 valence electrons. The zero-order valence-electron chi connectivity index (χ0n) is 15.2. The van der Waals surface area contributed by atoms with E-state index in [4.69, 9.17) is 21.1 Å². The summed E-state index contributed by atoms with van der Waals surface area (Å²) in [5.74, 6) is -0.999. The highest BCUT2D eigenvalue weighted by Crippen LogP contribution is 2.36. The number of nitrogens with one attached hydrogen (secondary N) is 1. The van der Waals surface area contributed by atoms with Crippen molar-refractivity contribution in [3.63, 3.8) is 0 Å². The molecule has 0 heterocycles. The number of hydrogen-bond acceptors (Lipinski definition) is 4. The Morgan fingerprint density at radius 3 is 2.52 bits per heavy atom. The topological polar surface area (TPSA) is 84.9 Å². The predicted octanol–water partition coefficient (Wildman–Crippen LogP) is 3.56. The van der Waals surface area contributed by atoms with E-state index < -0.39 is 17.9 Å². The standard InChI is InChI=1S/C20H22ClNO5/c1-3-9-27-18-15(21)11-14(12-17(18)26-2)19(23)22-16(20(24)25)10-13-7-5-4-6-8-13/h4-8,11-12,16H,3,9-10H2,1-2H3,(H,22,23)(H,24,25)/t16-/m1/s1. The highest BCUT2D eigenvalue weighted by molar-refractivity contribution is 6.32. The molecule has 0 radical (unpaired) electrons. The van der Waals surface area contributed by atoms with E-state index in [9.17, 15) is 14.7 Å². The summed E-state index contributed by atoms with van der Waals surface area (Å²) in [6.45, 7) is 2.42. The fraction of sp³-hybridized carbons (Fsp3) is 0.300. The van der Waals surface area contributed by atoms with Crippen molar-refractivity contribution < 1.29 is 24.2 Å². The van der Waals surface area contributed by atoms with Crippen LogP contribution in [0.4, 0.5) is 0 Å². The van der Waals surface area contributed by atoms with Gasteiger partial charge < -0.3 is 19.9 Å². The Hall–Kier alpha value is -2.73. The molecule has 0 unspecified atom stereocenters. The number of carbonyl (C=O) groups excluding carboxylic acids is 1. The normalized spacial score (nSPS) is 11.5. The third-order valence-electron chi connectivity index (χ3n) is 3.83. The Morgan fingerprint density at radius 1 is 1.22 bits per heavy atom. The van der Waals surface area contributed by atoms with Crippen LogP contribution in [-0.2, 0) is 11.2 Å². The van der Waals surface area contributed by atoms with E-state index in [1.54, 1.807) is 0 Å². The SMILES string of the molecule is CCCOc1c(Cl)cc(C(=O)N[C@H](Cc2ccccc2)C(=O)O)cc1OC. The first kappa shape index (κ1) is 20.6. The average Bonchev–Trinajstić information content (AvgIpc) is 2.66. The van der Waals surface area contributed by atoms with Crippen LogP contribution in [0.15, 0.2) is 42.5 Å². The van der Waals surface area contributed by atoms with Crippen molar-refractivity contribution in [3.05, 3.63) is 58.6 Å². The van der Waals surface area contributed by atoms with Crippen LogP contribution in [0.1, 0.15) is 29.3 Å². The number of carbonyl (C=O) groups is 2. The first-order valence-electron chi connectivity index (χ1n) is 8.54. The first-order valence-corrected chi connectivity index (χ1v) is 8.92. The molecule has 0 aliphatic carbocycles. The highest BCUT2D eigenvalue weighted by atomic mass is 35.5. The van der Waals surface area contributed by atoms with Crippen LogP contribution in [0.2, 0.25) is 5.02 Å². The molecule has 0 fully saturated rings. The molecule has 27 heavy (non-hydrogen) atoms. The van der Waals surface area contributed by atoms with Crippen LogP contribution in [0.5, 0.6) is 11.5 Å². The van der Waals surface area contributed by atoms with Crippen LogP contribution >= 0.6 is 11.6 Å². The van der Waals surface area contributed by atoms with Crippen molar-refractivity contribution >= 4 is 23.5 Å². The molecule has 0 aliphatic rings. The van der Waals surface area contributed by atoms with Gasteiger partial charge in [0.05, 0.1) is 18.7 Å². The lowest BCUT2D eigenvalue weighted by Crippen LogP contribution is -2.42. The summed E-state index contributed by atoms with van der Waals surface area (Å²) < 4.78 is 10.8. The predicted molar refractivity (Wildman–Crippen MR) is 103 cm³/mol. The number of rotatable bonds is 9. The Labute approximate surface area is 163 Å². The van der Waals surface area contributed by atoms with Crippen molar-refractivity contribution in [3.8, 4) is 11.5 Å². The minimum Gasteiger partial charge on any atom is -0.493 e. The summed E-state index contributed by atoms with van der Waals surface area (Å²) in [6.07, 6.45) is 0.964. The van der Waals surface area contributed by atoms with Crippen LogP contribution in [0.25, 0.3) is 0 Å². The van der Waals surface area contributed by atoms with E-state index in [-0.39, 0.29) is 17.0 Å². The Kier molecular flexibility index (Phi) is 7.49. The lowest BCUT2D eigenvalue weighted by atomic mass is 10.1. The quantitative estimate of drug-likeness (QED) is 0.682. The summed E-state index contributed by atoms with van der Waals surface area (Å²) in [5.41, 5.74) is 1.00. The summed E-state index contributed by atoms with van der Waals surface area (Å²) in [7, 11) is 1.45. The van der Waals surface area contributed by atoms with Crippen LogP contribution in [0.3, 0.4) is 0 Å². The molecular weight excluding hydrogens is 370 g/mol. The van der Waals surface area contributed by atoms with Crippen LogP contribution in [0, 0.1) is 0 Å². The molecule has 0 saturated heterocycles. The molecule has 1 atom stereocenters. The molecule has 7 heteroatoms. The summed E-state index contributed by atoms with van der Waals surface area (Å²) in [5, 5.41) is 12.2. The van der Waals surface area contributed by atoms with E-state index in [2.05, 4.69) is 5.32 Å². The number of hydrogen-bond donors (Lipinski definition) is 2. The smallest absolute Gasteiger partial charge is 0.326 e. The number of methoxy groups -OCH3 is 1. The number of ether oxygens (including phenoxy) is 2. The molecule has 0 bridgehead atoms. The molecule has 0 spiro atoms. The molecule has 0 aliphatic heterocycles. The van der Waals surface area contributed by atoms with Crippen LogP contribution in [-0.4, -0.2) is 36.7 Å². The van der Waals surface area contributed by atoms with Gasteiger partial charge in [-0.2, -0.15) is 0 Å². The molecule has 0 saturated carbocycles. The zero-order chi connectivity index (χ0) is 19.8. The number of carboxylic acids is 1. The molecule has 6 nitrogen and oxygen atoms in total. The monoisotopic (exact) mass is 391 g/mol. The second-order valence-corrected chi connectivity index (χ2v) is 6.30. The largest absolute Gasteiger partial charge is 0.493 e. The van der Waals surface area contributed by atoms with E-state index in [0.717, 1.165) is 12.0 Å². The number of aliphatic carboxylic acids is 1. The van der Waals surface area contributed by atoms with Gasteiger partial charge in [-0.3, -0.25) is 4.79 Å². The average molecular weight is 392 g/mol. The van der Waals surface area contributed by atoms with Gasteiger partial charge in [0.25, 0.3) is 5.91 Å². The number of carboxylic acid groups (broad SMARTS) is 1. The van der Waals surface area contributed by atoms with Gasteiger partial charge in [0.15, 0.2) is 11.5 Å². The second kappa shape index (κ2) is 9.83. The zero-order valence-corrected chi connectivity index (χ0v) is 16.0. The molecule has 2 rings (SSSR count). The summed E-state index contributed by atoms with van der Waals surface area (Å²) in [6, 6.07) is 10.9. The minimum atomic E-state index is -1.12. The van der Waals surface area contributed by atoms with Crippen molar-refractivity contribution in [1.29, 1.82) is 0 Å². The van der Waals surface area contributed by atoms with Crippen molar-refractivity contribution in [2.45, 2.75) is 25.8 Å². The van der Waals surface area contributed by atoms with Gasteiger partial charge in [-0.25, -0.2) is 4.79 Å². The lowest BCUT2D eigenvalue weighted by Gasteiger charge is -2.17. The maximum Gasteiger partial charge on any atom is 0.326 e. The van der Waals surface area contributed by atoms with Crippen molar-refractivity contribution in [2.24, 2.45) is 0 Å². The van der Waals surface area contributed by atoms with Gasteiger partial charge in [0.2, 0.25) is 0 Å². The van der Waals surface area contributed by atoms with Gasteiger partial charge in [0, 0.05) is 12.0 Å². The van der Waals surface area contributed by atoms with E-state index in [1.807, 2.05) is 37.3 Å². The Balaban J connectivity index is 2.20. The van der Waals surface area contributed by atoms with Crippen molar-refractivity contribution in [1.82, 2.24) is 5.32 Å². The second-order valence-electron chi connectivity index (χ2n) is 5.89. The highest BCUT2D eigenvalue weighted by Gasteiger charge is 2.23. The van der Waals surface area contributed by atoms with Gasteiger partial charge in [-0.15, -0.1) is 0 Å². The number of amides is 1. The minimum absolute atomic E-state index is 0.171. The number of benzene rings is 2. The van der Waals surface area contributed by atoms with Gasteiger partial charge in [0.1, 0.15) is 6.04 Å². The van der Waals surface area contributed by atoms with E-state index >= 15 is 0 Å². The fourth-order valence-corrected chi connectivity index (χ4v) is 2.75.